The van der Waals surface area contributed by atoms with Crippen LogP contribution in [0.3, 0.4) is 0 Å². The van der Waals surface area contributed by atoms with Crippen molar-refractivity contribution >= 4 is 18.1 Å². The Hall–Kier alpha value is -3.20. The molecule has 0 amide bonds. The zero-order valence-corrected chi connectivity index (χ0v) is 13.3. The molecule has 1 aromatic heterocycles. The summed E-state index contributed by atoms with van der Waals surface area (Å²) in [5.41, 5.74) is 3.76. The van der Waals surface area contributed by atoms with Gasteiger partial charge in [-0.25, -0.2) is 4.79 Å². The quantitative estimate of drug-likeness (QED) is 0.514. The maximum atomic E-state index is 12.1. The lowest BCUT2D eigenvalue weighted by Crippen LogP contribution is -2.08. The van der Waals surface area contributed by atoms with E-state index in [1.807, 2.05) is 55.5 Å². The molecular formula is C21H17NO2. The molecule has 0 saturated heterocycles. The van der Waals surface area contributed by atoms with Gasteiger partial charge >= 0.3 is 5.97 Å². The van der Waals surface area contributed by atoms with Crippen molar-refractivity contribution in [3.05, 3.63) is 95.3 Å². The van der Waals surface area contributed by atoms with Crippen molar-refractivity contribution in [3.63, 3.8) is 0 Å². The van der Waals surface area contributed by atoms with Crippen LogP contribution in [0.5, 0.6) is 5.75 Å². The first-order valence-electron chi connectivity index (χ1n) is 7.68. The standard InChI is InChI=1S/C21H17NO2/c1-16-2-8-19(9-3-16)21(23)24-20-10-6-17(7-11-20)4-5-18-12-14-22-15-13-18/h2-15H,1H3/b5-4+. The number of nitrogens with zero attached hydrogens (tertiary/aromatic N) is 1. The van der Waals surface area contributed by atoms with Gasteiger partial charge < -0.3 is 4.74 Å². The molecule has 2 aromatic carbocycles. The third-order valence-electron chi connectivity index (χ3n) is 3.55. The molecule has 0 bridgehead atoms. The van der Waals surface area contributed by atoms with Gasteiger partial charge in [0.15, 0.2) is 0 Å². The smallest absolute Gasteiger partial charge is 0.343 e. The molecule has 0 saturated carbocycles. The molecule has 3 heteroatoms. The van der Waals surface area contributed by atoms with Gasteiger partial charge in [0.25, 0.3) is 0 Å². The SMILES string of the molecule is Cc1ccc(C(=O)Oc2ccc(/C=C/c3ccncc3)cc2)cc1. The van der Waals surface area contributed by atoms with E-state index in [1.54, 1.807) is 36.7 Å². The number of carbonyl (C=O) groups is 1. The van der Waals surface area contributed by atoms with Crippen LogP contribution < -0.4 is 4.74 Å². The number of rotatable bonds is 4. The first-order valence-corrected chi connectivity index (χ1v) is 7.68. The summed E-state index contributed by atoms with van der Waals surface area (Å²) in [5.74, 6) is 0.178. The molecule has 0 aliphatic heterocycles. The van der Waals surface area contributed by atoms with E-state index in [0.29, 0.717) is 11.3 Å². The topological polar surface area (TPSA) is 39.2 Å². The molecule has 0 aliphatic rings. The third kappa shape index (κ3) is 4.17. The van der Waals surface area contributed by atoms with E-state index in [4.69, 9.17) is 4.74 Å². The summed E-state index contributed by atoms with van der Waals surface area (Å²) in [6, 6.07) is 18.6. The fraction of sp³-hybridized carbons (Fsp3) is 0.0476. The van der Waals surface area contributed by atoms with Crippen LogP contribution in [-0.4, -0.2) is 11.0 Å². The van der Waals surface area contributed by atoms with Gasteiger partial charge in [-0.15, -0.1) is 0 Å². The Kier molecular flexibility index (Phi) is 4.82. The highest BCUT2D eigenvalue weighted by molar-refractivity contribution is 5.91. The summed E-state index contributed by atoms with van der Waals surface area (Å²) in [7, 11) is 0. The van der Waals surface area contributed by atoms with Crippen LogP contribution >= 0.6 is 0 Å². The highest BCUT2D eigenvalue weighted by atomic mass is 16.5. The van der Waals surface area contributed by atoms with Gasteiger partial charge in [0, 0.05) is 12.4 Å². The average Bonchev–Trinajstić information content (AvgIpc) is 2.62. The summed E-state index contributed by atoms with van der Waals surface area (Å²) in [5, 5.41) is 0. The van der Waals surface area contributed by atoms with E-state index in [1.165, 1.54) is 0 Å². The molecule has 0 N–H and O–H groups in total. The van der Waals surface area contributed by atoms with Crippen LogP contribution in [0.1, 0.15) is 27.0 Å². The minimum Gasteiger partial charge on any atom is -0.423 e. The Bertz CT molecular complexity index is 835. The second-order valence-corrected chi connectivity index (χ2v) is 5.44. The highest BCUT2D eigenvalue weighted by Crippen LogP contribution is 2.16. The number of hydrogen-bond donors (Lipinski definition) is 0. The van der Waals surface area contributed by atoms with Crippen LogP contribution in [-0.2, 0) is 0 Å². The van der Waals surface area contributed by atoms with Crippen molar-refractivity contribution in [1.82, 2.24) is 4.98 Å². The van der Waals surface area contributed by atoms with E-state index in [-0.39, 0.29) is 5.97 Å². The highest BCUT2D eigenvalue weighted by Gasteiger charge is 2.07. The summed E-state index contributed by atoms with van der Waals surface area (Å²) in [6.45, 7) is 1.98. The first-order chi connectivity index (χ1) is 11.7. The van der Waals surface area contributed by atoms with Crippen molar-refractivity contribution in [3.8, 4) is 5.75 Å². The minimum absolute atomic E-state index is 0.352. The molecule has 3 aromatic rings. The van der Waals surface area contributed by atoms with Crippen molar-refractivity contribution in [2.24, 2.45) is 0 Å². The van der Waals surface area contributed by atoms with Gasteiger partial charge in [0.1, 0.15) is 5.75 Å². The average molecular weight is 315 g/mol. The maximum absolute atomic E-state index is 12.1. The number of carbonyl (C=O) groups excluding carboxylic acids is 1. The van der Waals surface area contributed by atoms with Gasteiger partial charge in [0.2, 0.25) is 0 Å². The van der Waals surface area contributed by atoms with Crippen molar-refractivity contribution in [2.75, 3.05) is 0 Å². The number of aromatic nitrogens is 1. The third-order valence-corrected chi connectivity index (χ3v) is 3.55. The number of pyridine rings is 1. The largest absolute Gasteiger partial charge is 0.423 e. The van der Waals surface area contributed by atoms with Gasteiger partial charge in [-0.05, 0) is 54.4 Å². The van der Waals surface area contributed by atoms with Crippen LogP contribution in [0.15, 0.2) is 73.1 Å². The predicted molar refractivity (Wildman–Crippen MR) is 95.7 cm³/mol. The molecule has 3 rings (SSSR count). The Labute approximate surface area is 141 Å². The molecule has 1 heterocycles. The van der Waals surface area contributed by atoms with E-state index < -0.39 is 0 Å². The molecule has 0 fully saturated rings. The van der Waals surface area contributed by atoms with Crippen LogP contribution in [0.25, 0.3) is 12.2 Å². The van der Waals surface area contributed by atoms with Crippen molar-refractivity contribution in [2.45, 2.75) is 6.92 Å². The predicted octanol–water partition coefficient (Wildman–Crippen LogP) is 4.78. The molecule has 0 spiro atoms. The van der Waals surface area contributed by atoms with E-state index in [0.717, 1.165) is 16.7 Å². The number of aryl methyl sites for hydroxylation is 1. The van der Waals surface area contributed by atoms with E-state index >= 15 is 0 Å². The number of hydrogen-bond acceptors (Lipinski definition) is 3. The van der Waals surface area contributed by atoms with E-state index in [2.05, 4.69) is 4.98 Å². The van der Waals surface area contributed by atoms with Gasteiger partial charge in [-0.1, -0.05) is 42.0 Å². The normalized spacial score (nSPS) is 10.7. The zero-order chi connectivity index (χ0) is 16.8. The Balaban J connectivity index is 1.65. The summed E-state index contributed by atoms with van der Waals surface area (Å²) in [4.78, 5) is 16.1. The number of esters is 1. The van der Waals surface area contributed by atoms with Crippen LogP contribution in [0.4, 0.5) is 0 Å². The summed E-state index contributed by atoms with van der Waals surface area (Å²) < 4.78 is 5.39. The molecule has 0 aliphatic carbocycles. The molecule has 0 atom stereocenters. The lowest BCUT2D eigenvalue weighted by molar-refractivity contribution is 0.0735. The Morgan fingerprint density at radius 1 is 0.833 bits per heavy atom. The number of ether oxygens (including phenoxy) is 1. The summed E-state index contributed by atoms with van der Waals surface area (Å²) in [6.07, 6.45) is 7.52. The van der Waals surface area contributed by atoms with Crippen molar-refractivity contribution in [1.29, 1.82) is 0 Å². The second kappa shape index (κ2) is 7.38. The second-order valence-electron chi connectivity index (χ2n) is 5.44. The van der Waals surface area contributed by atoms with Crippen molar-refractivity contribution < 1.29 is 9.53 Å². The molecule has 0 unspecified atom stereocenters. The minimum atomic E-state index is -0.352. The monoisotopic (exact) mass is 315 g/mol. The van der Waals surface area contributed by atoms with E-state index in [9.17, 15) is 4.79 Å². The lowest BCUT2D eigenvalue weighted by Gasteiger charge is -2.05. The van der Waals surface area contributed by atoms with Crippen LogP contribution in [0, 0.1) is 6.92 Å². The Morgan fingerprint density at radius 3 is 2.04 bits per heavy atom. The molecule has 24 heavy (non-hydrogen) atoms. The maximum Gasteiger partial charge on any atom is 0.343 e. The summed E-state index contributed by atoms with van der Waals surface area (Å²) >= 11 is 0. The van der Waals surface area contributed by atoms with Gasteiger partial charge in [-0.3, -0.25) is 4.98 Å². The van der Waals surface area contributed by atoms with Gasteiger partial charge in [0.05, 0.1) is 5.56 Å². The fourth-order valence-corrected chi connectivity index (χ4v) is 2.17. The van der Waals surface area contributed by atoms with Gasteiger partial charge in [-0.2, -0.15) is 0 Å². The number of benzene rings is 2. The van der Waals surface area contributed by atoms with Crippen LogP contribution in [0.2, 0.25) is 0 Å². The first kappa shape index (κ1) is 15.7. The molecular weight excluding hydrogens is 298 g/mol. The Morgan fingerprint density at radius 2 is 1.42 bits per heavy atom. The molecule has 0 radical (unpaired) electrons. The molecule has 3 nitrogen and oxygen atoms in total. The zero-order valence-electron chi connectivity index (χ0n) is 13.3. The lowest BCUT2D eigenvalue weighted by atomic mass is 10.1. The fourth-order valence-electron chi connectivity index (χ4n) is 2.17. The molecule has 118 valence electrons.